The van der Waals surface area contributed by atoms with Crippen molar-refractivity contribution >= 4 is 144 Å². The zero-order valence-corrected chi connectivity index (χ0v) is 66.2. The number of nitrogens with one attached hydrogen (secondary N) is 5. The number of rotatable bonds is 24. The van der Waals surface area contributed by atoms with Gasteiger partial charge < -0.3 is 76.1 Å². The van der Waals surface area contributed by atoms with Crippen molar-refractivity contribution in [3.05, 3.63) is 178 Å². The summed E-state index contributed by atoms with van der Waals surface area (Å²) in [6.45, 7) is 15.0. The minimum Gasteiger partial charge on any atom is -0.495 e. The maximum Gasteiger partial charge on any atom is 0.308 e. The van der Waals surface area contributed by atoms with Crippen LogP contribution in [0.3, 0.4) is 0 Å². The molecule has 2 aliphatic carbocycles. The lowest BCUT2D eigenvalue weighted by molar-refractivity contribution is -0.145. The first-order valence-corrected chi connectivity index (χ1v) is 37.0. The zero-order chi connectivity index (χ0) is 80.1. The molecule has 4 heterocycles. The Morgan fingerprint density at radius 2 is 0.865 bits per heavy atom. The Kier molecular flexibility index (Phi) is 28.1. The molecule has 6 aromatic carbocycles. The molecule has 9 N–H and O–H groups in total. The van der Waals surface area contributed by atoms with Crippen molar-refractivity contribution in [2.45, 2.75) is 68.7 Å². The van der Waals surface area contributed by atoms with Gasteiger partial charge in [-0.3, -0.25) is 24.0 Å². The van der Waals surface area contributed by atoms with Crippen LogP contribution in [0, 0.1) is 17.8 Å². The van der Waals surface area contributed by atoms with Gasteiger partial charge in [0.05, 0.1) is 121 Å². The number of carbonyl (C=O) groups excluding carboxylic acids is 5. The number of nitrogens with zero attached hydrogens (tertiary/aromatic N) is 7. The van der Waals surface area contributed by atoms with Gasteiger partial charge in [-0.2, -0.15) is 0 Å². The maximum absolute atomic E-state index is 12.1. The van der Waals surface area contributed by atoms with Crippen molar-refractivity contribution in [2.75, 3.05) is 80.0 Å². The zero-order valence-electron chi connectivity index (χ0n) is 61.7. The summed E-state index contributed by atoms with van der Waals surface area (Å²) in [5, 5.41) is 20.0. The third-order valence-electron chi connectivity index (χ3n) is 19.4. The summed E-state index contributed by atoms with van der Waals surface area (Å²) < 4.78 is 37.2. The topological polar surface area (TPSA) is 343 Å². The van der Waals surface area contributed by atoms with E-state index < -0.39 is 0 Å². The van der Waals surface area contributed by atoms with Crippen LogP contribution in [0.1, 0.15) is 37.9 Å². The second kappa shape index (κ2) is 37.5. The smallest absolute Gasteiger partial charge is 0.308 e. The summed E-state index contributed by atoms with van der Waals surface area (Å²) in [6, 6.07) is 20.6. The van der Waals surface area contributed by atoms with Crippen LogP contribution in [-0.2, 0) is 35.1 Å². The number of hydrogen-bond donors (Lipinski definition) is 7. The number of carbonyl (C=O) groups is 5. The predicted octanol–water partition coefficient (Wildman–Crippen LogP) is 13.3. The average Bonchev–Trinajstić information content (AvgIpc) is 1.29. The molecule has 0 radical (unpaired) electrons. The Balaban J connectivity index is 0.000000177. The Morgan fingerprint density at radius 1 is 0.486 bits per heavy atom. The van der Waals surface area contributed by atoms with Gasteiger partial charge >= 0.3 is 5.97 Å². The first kappa shape index (κ1) is 83.0. The van der Waals surface area contributed by atoms with Crippen LogP contribution in [0.4, 0.5) is 11.9 Å². The quantitative estimate of drug-likeness (QED) is 0.0218. The number of amides is 4. The first-order chi connectivity index (χ1) is 53.3. The number of aromatic nitrogens is 6. The Hall–Kier alpha value is -10.5. The molecule has 12 rings (SSSR count). The largest absolute Gasteiger partial charge is 0.495 e. The molecule has 1 saturated heterocycles. The van der Waals surface area contributed by atoms with Crippen LogP contribution >= 0.6 is 69.6 Å². The molecule has 32 heteroatoms. The molecule has 0 spiro atoms. The van der Waals surface area contributed by atoms with E-state index in [2.05, 4.69) is 72.8 Å². The summed E-state index contributed by atoms with van der Waals surface area (Å²) in [7, 11) is 10.5. The van der Waals surface area contributed by atoms with Crippen LogP contribution in [0.2, 0.25) is 30.1 Å². The predicted molar refractivity (Wildman–Crippen MR) is 434 cm³/mol. The minimum atomic E-state index is -0.366. The molecule has 1 aliphatic heterocycles. The number of likely N-dealkylation sites (tertiary alicyclic amines) is 1. The van der Waals surface area contributed by atoms with E-state index in [0.29, 0.717) is 149 Å². The number of esters is 1. The fourth-order valence-electron chi connectivity index (χ4n) is 13.7. The van der Waals surface area contributed by atoms with Crippen molar-refractivity contribution in [3.8, 4) is 67.9 Å². The monoisotopic (exact) mass is 1630 g/mol. The highest BCUT2D eigenvalue weighted by molar-refractivity contribution is 6.42. The molecule has 9 aromatic rings. The number of allylic oxidation sites excluding steroid dienone is 1. The number of ether oxygens (including phenoxy) is 7. The summed E-state index contributed by atoms with van der Waals surface area (Å²) >= 11 is 39.5. The van der Waals surface area contributed by atoms with Gasteiger partial charge in [0.15, 0.2) is 0 Å². The van der Waals surface area contributed by atoms with Crippen LogP contribution in [-0.4, -0.2) is 164 Å². The summed E-state index contributed by atoms with van der Waals surface area (Å²) in [5.41, 5.74) is 18.3. The van der Waals surface area contributed by atoms with Gasteiger partial charge in [0.1, 0.15) is 40.3 Å². The molecule has 26 nitrogen and oxygen atoms in total. The van der Waals surface area contributed by atoms with Crippen molar-refractivity contribution in [1.29, 1.82) is 0 Å². The van der Waals surface area contributed by atoms with Crippen LogP contribution in [0.25, 0.3) is 66.1 Å². The highest BCUT2D eigenvalue weighted by Crippen LogP contribution is 2.50. The SMILES string of the molecule is C=CC(=O)NC1CN(C(=O)CN)CC1Nc1ncc2cc(-c3c(Cl)c(OC)cc(OC)c3Cl)ccc2n1.C=CC(=O)N[C@H]1CC[C@H](C(=C)N)C[C@H]1Nc1ncc2cc(-c3c(Cl)c(OC)cc(OC)c3Cl)ccc2n1.C=CC(=O)N[C@H]1C[C@@H](C(=O)OC)C[C@H]1Cc1ncc2cc(-c3c(Cl)c(OC)cc(OC)c3Cl)ccc2n1. The van der Waals surface area contributed by atoms with E-state index in [9.17, 15) is 24.0 Å². The van der Waals surface area contributed by atoms with E-state index in [4.69, 9.17) is 124 Å². The highest BCUT2D eigenvalue weighted by Gasteiger charge is 2.41. The molecule has 8 atom stereocenters. The van der Waals surface area contributed by atoms with Crippen LogP contribution in [0.5, 0.6) is 34.5 Å². The molecular weight excluding hydrogens is 1550 g/mol. The molecule has 3 fully saturated rings. The fourth-order valence-corrected chi connectivity index (χ4v) is 15.9. The number of halogens is 6. The molecule has 111 heavy (non-hydrogen) atoms. The van der Waals surface area contributed by atoms with E-state index in [-0.39, 0.29) is 84.1 Å². The van der Waals surface area contributed by atoms with Gasteiger partial charge in [0, 0.05) is 113 Å². The molecule has 582 valence electrons. The van der Waals surface area contributed by atoms with Gasteiger partial charge in [-0.05, 0) is 115 Å². The molecule has 2 saturated carbocycles. The minimum absolute atomic E-state index is 0.0217. The van der Waals surface area contributed by atoms with Gasteiger partial charge in [-0.1, -0.05) is 114 Å². The van der Waals surface area contributed by atoms with Crippen molar-refractivity contribution < 1.29 is 57.1 Å². The molecule has 0 bridgehead atoms. The Bertz CT molecular complexity index is 4790. The van der Waals surface area contributed by atoms with E-state index in [1.807, 2.05) is 54.6 Å². The average molecular weight is 1630 g/mol. The fraction of sp³-hybridized carbons (Fsp3) is 0.304. The van der Waals surface area contributed by atoms with E-state index in [0.717, 1.165) is 56.7 Å². The lowest BCUT2D eigenvalue weighted by atomic mass is 9.81. The van der Waals surface area contributed by atoms with Crippen molar-refractivity contribution in [3.63, 3.8) is 0 Å². The highest BCUT2D eigenvalue weighted by atomic mass is 35.5. The molecule has 2 unspecified atom stereocenters. The van der Waals surface area contributed by atoms with E-state index in [1.165, 1.54) is 68.0 Å². The number of fused-ring (bicyclic) bond motifs is 3. The number of hydrogen-bond acceptors (Lipinski definition) is 22. The third-order valence-corrected chi connectivity index (χ3v) is 21.7. The van der Waals surface area contributed by atoms with Gasteiger partial charge in [-0.15, -0.1) is 0 Å². The van der Waals surface area contributed by atoms with Crippen LogP contribution < -0.4 is 66.5 Å². The summed E-state index contributed by atoms with van der Waals surface area (Å²) in [5.74, 6) is 2.61. The van der Waals surface area contributed by atoms with E-state index >= 15 is 0 Å². The molecule has 4 amide bonds. The van der Waals surface area contributed by atoms with Crippen molar-refractivity contribution in [1.82, 2.24) is 50.8 Å². The third kappa shape index (κ3) is 19.1. The first-order valence-electron chi connectivity index (χ1n) is 34.8. The Labute approximate surface area is 670 Å². The lowest BCUT2D eigenvalue weighted by Gasteiger charge is -2.37. The Morgan fingerprint density at radius 3 is 1.26 bits per heavy atom. The normalized spacial score (nSPS) is 18.3. The van der Waals surface area contributed by atoms with Crippen molar-refractivity contribution in [2.24, 2.45) is 29.2 Å². The second-order valence-corrected chi connectivity index (χ2v) is 28.3. The van der Waals surface area contributed by atoms with E-state index in [1.54, 1.807) is 41.7 Å². The maximum atomic E-state index is 12.1. The number of methoxy groups -OCH3 is 7. The molecule has 3 aromatic heterocycles. The number of nitrogens with two attached hydrogens (primary N) is 2. The van der Waals surface area contributed by atoms with Crippen LogP contribution in [0.15, 0.2) is 142 Å². The standard InChI is InChI=1S/C27H29Cl2N5O3.C27H27Cl2N3O5.C25H26Cl2N6O4/c1-5-23(35)32-19-9-6-15(14(2)30)11-20(19)34-27-31-13-17-10-16(7-8-18(17)33-27)24-25(28)21(36-3)12-22(37-4)26(24)29;1-5-23(33)32-19-10-16(27(34)37-4)9-15(19)11-22-30-13-17-8-14(6-7-18(17)31-22)24-25(28)20(35-2)12-21(36-3)26(24)29;1-4-20(34)30-16-11-33(21(35)9-28)12-17(16)32-25-29-10-14-7-13(5-6-15(14)31-25)22-23(26)18(36-2)8-19(37-3)24(22)27/h5,7-8,10,12-13,15,19-20H,1-2,6,9,11,30H2,3-4H3,(H,32,35)(H,31,33,34);5-8,12-13,15-16,19H,1,9-11H2,2-4H3,(H,32,33);4-8,10,16-17H,1,9,11-12,28H2,2-3H3,(H,30,34)(H,29,31,32)/t15-,19-,20+;15-,16-,19-;/m00./s1. The summed E-state index contributed by atoms with van der Waals surface area (Å²) in [6.07, 6.45) is 12.7. The lowest BCUT2D eigenvalue weighted by Crippen LogP contribution is -2.50. The van der Waals surface area contributed by atoms with Gasteiger partial charge in [0.25, 0.3) is 0 Å². The van der Waals surface area contributed by atoms with Gasteiger partial charge in [0.2, 0.25) is 35.5 Å². The molecule has 3 aliphatic rings. The number of benzene rings is 6. The molecular formula is C79H82Cl6N14O12. The summed E-state index contributed by atoms with van der Waals surface area (Å²) in [4.78, 5) is 89.3. The second-order valence-electron chi connectivity index (χ2n) is 26.0. The number of anilines is 2. The van der Waals surface area contributed by atoms with Gasteiger partial charge in [-0.25, -0.2) is 29.9 Å².